The summed E-state index contributed by atoms with van der Waals surface area (Å²) >= 11 is 0. The second-order valence-electron chi connectivity index (χ2n) is 8.13. The zero-order valence-electron chi connectivity index (χ0n) is 15.8. The molecule has 1 aromatic rings. The summed E-state index contributed by atoms with van der Waals surface area (Å²) in [7, 11) is -3.86. The number of unbranched alkanes of at least 4 members (excludes halogenated alkanes) is 1. The molecule has 5 nitrogen and oxygen atoms in total. The Balaban J connectivity index is 1.69. The minimum absolute atomic E-state index is 0.0746. The maximum absolute atomic E-state index is 12.7. The zero-order valence-corrected chi connectivity index (χ0v) is 16.6. The maximum atomic E-state index is 12.7. The fourth-order valence-corrected chi connectivity index (χ4v) is 6.26. The van der Waals surface area contributed by atoms with E-state index in [0.717, 1.165) is 19.3 Å². The van der Waals surface area contributed by atoms with Crippen LogP contribution in [-0.2, 0) is 14.9 Å². The Morgan fingerprint density at radius 1 is 1.15 bits per heavy atom. The highest BCUT2D eigenvalue weighted by atomic mass is 32.2. The van der Waals surface area contributed by atoms with Crippen molar-refractivity contribution in [3.05, 3.63) is 24.3 Å². The van der Waals surface area contributed by atoms with E-state index in [9.17, 15) is 13.2 Å². The molecule has 2 fully saturated rings. The van der Waals surface area contributed by atoms with Crippen molar-refractivity contribution >= 4 is 15.9 Å². The Hall–Kier alpha value is -1.56. The van der Waals surface area contributed by atoms with Gasteiger partial charge in [-0.15, -0.1) is 0 Å². The molecule has 26 heavy (non-hydrogen) atoms. The van der Waals surface area contributed by atoms with E-state index in [1.165, 1.54) is 0 Å². The molecule has 0 radical (unpaired) electrons. The number of hydrogen-bond acceptors (Lipinski definition) is 5. The number of hydrogen-bond donors (Lipinski definition) is 0. The highest BCUT2D eigenvalue weighted by Crippen LogP contribution is 2.64. The number of ketones is 1. The molecule has 0 amide bonds. The number of carbonyl (C=O) groups is 1. The second-order valence-corrected chi connectivity index (χ2v) is 9.70. The normalized spacial score (nSPS) is 26.9. The maximum Gasteiger partial charge on any atom is 0.310 e. The van der Waals surface area contributed by atoms with Gasteiger partial charge in [-0.2, -0.15) is 8.42 Å². The van der Waals surface area contributed by atoms with Crippen molar-refractivity contribution in [2.45, 2.75) is 52.9 Å². The van der Waals surface area contributed by atoms with Crippen molar-refractivity contribution in [2.75, 3.05) is 12.4 Å². The van der Waals surface area contributed by atoms with Gasteiger partial charge in [0.15, 0.2) is 0 Å². The van der Waals surface area contributed by atoms with Crippen LogP contribution >= 0.6 is 0 Å². The van der Waals surface area contributed by atoms with Gasteiger partial charge in [0.05, 0.1) is 17.8 Å². The Labute approximate surface area is 156 Å². The first-order chi connectivity index (χ1) is 12.2. The van der Waals surface area contributed by atoms with Crippen molar-refractivity contribution in [3.8, 4) is 11.5 Å². The standard InChI is InChI=1S/C20H28O5S/c1-4-5-12-24-16-6-8-17(9-7-16)25-26(22,23)14-20-11-10-15(13-18(20)21)19(20,2)3/h6-9,15H,4-5,10-14H2,1-3H3. The van der Waals surface area contributed by atoms with Crippen LogP contribution in [-0.4, -0.2) is 26.6 Å². The molecule has 0 heterocycles. The smallest absolute Gasteiger partial charge is 0.310 e. The van der Waals surface area contributed by atoms with E-state index in [-0.39, 0.29) is 28.6 Å². The summed E-state index contributed by atoms with van der Waals surface area (Å²) in [5.41, 5.74) is -1.10. The molecule has 2 unspecified atom stereocenters. The first-order valence-electron chi connectivity index (χ1n) is 9.38. The van der Waals surface area contributed by atoms with Gasteiger partial charge in [0, 0.05) is 6.42 Å². The third-order valence-corrected chi connectivity index (χ3v) is 7.67. The Kier molecular flexibility index (Phi) is 5.08. The van der Waals surface area contributed by atoms with Gasteiger partial charge >= 0.3 is 10.1 Å². The average molecular weight is 381 g/mol. The van der Waals surface area contributed by atoms with Gasteiger partial charge in [-0.3, -0.25) is 4.79 Å². The van der Waals surface area contributed by atoms with E-state index in [2.05, 4.69) is 6.92 Å². The van der Waals surface area contributed by atoms with Crippen molar-refractivity contribution in [1.82, 2.24) is 0 Å². The molecule has 0 aliphatic heterocycles. The molecular weight excluding hydrogens is 352 g/mol. The van der Waals surface area contributed by atoms with Crippen LogP contribution < -0.4 is 8.92 Å². The van der Waals surface area contributed by atoms with Gasteiger partial charge in [-0.1, -0.05) is 27.2 Å². The lowest BCUT2D eigenvalue weighted by molar-refractivity contribution is -0.128. The lowest BCUT2D eigenvalue weighted by Crippen LogP contribution is -2.43. The summed E-state index contributed by atoms with van der Waals surface area (Å²) in [6.45, 7) is 6.77. The van der Waals surface area contributed by atoms with Crippen molar-refractivity contribution in [2.24, 2.45) is 16.7 Å². The molecule has 2 atom stereocenters. The number of Topliss-reactive ketones (excluding diaryl/α,β-unsaturated/α-hetero) is 1. The SMILES string of the molecule is CCCCOc1ccc(OS(=O)(=O)CC23CCC(CC2=O)C3(C)C)cc1. The minimum Gasteiger partial charge on any atom is -0.494 e. The van der Waals surface area contributed by atoms with Crippen LogP contribution in [0.15, 0.2) is 24.3 Å². The number of rotatable bonds is 8. The van der Waals surface area contributed by atoms with Crippen LogP contribution in [0.25, 0.3) is 0 Å². The molecule has 0 N–H and O–H groups in total. The Bertz CT molecular complexity index is 766. The fourth-order valence-electron chi connectivity index (χ4n) is 4.51. The van der Waals surface area contributed by atoms with E-state index < -0.39 is 15.5 Å². The van der Waals surface area contributed by atoms with Crippen LogP contribution in [0.2, 0.25) is 0 Å². The molecule has 0 spiro atoms. The molecular formula is C20H28O5S. The Morgan fingerprint density at radius 3 is 2.35 bits per heavy atom. The van der Waals surface area contributed by atoms with Crippen molar-refractivity contribution in [1.29, 1.82) is 0 Å². The van der Waals surface area contributed by atoms with E-state index in [0.29, 0.717) is 25.2 Å². The number of fused-ring (bicyclic) bond motifs is 2. The first-order valence-corrected chi connectivity index (χ1v) is 11.0. The summed E-state index contributed by atoms with van der Waals surface area (Å²) < 4.78 is 36.2. The largest absolute Gasteiger partial charge is 0.494 e. The summed E-state index contributed by atoms with van der Waals surface area (Å²) in [6.07, 6.45) is 4.07. The fraction of sp³-hybridized carbons (Fsp3) is 0.650. The lowest BCUT2D eigenvalue weighted by atomic mass is 9.70. The van der Waals surface area contributed by atoms with Gasteiger partial charge in [0.25, 0.3) is 0 Å². The molecule has 144 valence electrons. The molecule has 6 heteroatoms. The number of benzene rings is 1. The second kappa shape index (κ2) is 6.87. The van der Waals surface area contributed by atoms with Crippen LogP contribution in [0.3, 0.4) is 0 Å². The van der Waals surface area contributed by atoms with Crippen LogP contribution in [0.4, 0.5) is 0 Å². The van der Waals surface area contributed by atoms with Crippen LogP contribution in [0, 0.1) is 16.7 Å². The van der Waals surface area contributed by atoms with Crippen LogP contribution in [0.1, 0.15) is 52.9 Å². The summed E-state index contributed by atoms with van der Waals surface area (Å²) in [6, 6.07) is 6.59. The highest BCUT2D eigenvalue weighted by molar-refractivity contribution is 7.87. The first kappa shape index (κ1) is 19.2. The predicted octanol–water partition coefficient (Wildman–Crippen LogP) is 3.97. The van der Waals surface area contributed by atoms with E-state index in [4.69, 9.17) is 8.92 Å². The van der Waals surface area contributed by atoms with Gasteiger partial charge in [0.2, 0.25) is 0 Å². The molecule has 0 saturated heterocycles. The zero-order chi connectivity index (χ0) is 19.0. The van der Waals surface area contributed by atoms with Crippen molar-refractivity contribution in [3.63, 3.8) is 0 Å². The predicted molar refractivity (Wildman–Crippen MR) is 99.8 cm³/mol. The number of carbonyl (C=O) groups excluding carboxylic acids is 1. The third-order valence-electron chi connectivity index (χ3n) is 6.38. The lowest BCUT2D eigenvalue weighted by Gasteiger charge is -2.35. The van der Waals surface area contributed by atoms with Gasteiger partial charge in [0.1, 0.15) is 17.3 Å². The summed E-state index contributed by atoms with van der Waals surface area (Å²) in [5, 5.41) is 0. The van der Waals surface area contributed by atoms with Gasteiger partial charge < -0.3 is 8.92 Å². The van der Waals surface area contributed by atoms with E-state index in [1.807, 2.05) is 13.8 Å². The van der Waals surface area contributed by atoms with E-state index in [1.54, 1.807) is 24.3 Å². The van der Waals surface area contributed by atoms with E-state index >= 15 is 0 Å². The molecule has 2 aliphatic rings. The Morgan fingerprint density at radius 2 is 1.81 bits per heavy atom. The molecule has 2 aliphatic carbocycles. The number of ether oxygens (including phenoxy) is 1. The molecule has 0 aromatic heterocycles. The summed E-state index contributed by atoms with van der Waals surface area (Å²) in [5.74, 6) is 1.06. The quantitative estimate of drug-likeness (QED) is 0.504. The molecule has 1 aromatic carbocycles. The molecule has 2 saturated carbocycles. The highest BCUT2D eigenvalue weighted by Gasteiger charge is 2.65. The topological polar surface area (TPSA) is 69.7 Å². The van der Waals surface area contributed by atoms with Crippen molar-refractivity contribution < 1.29 is 22.1 Å². The van der Waals surface area contributed by atoms with Gasteiger partial charge in [-0.05, 0) is 54.9 Å². The molecule has 2 bridgehead atoms. The average Bonchev–Trinajstić information content (AvgIpc) is 2.90. The monoisotopic (exact) mass is 380 g/mol. The molecule has 3 rings (SSSR count). The third kappa shape index (κ3) is 3.36. The minimum atomic E-state index is -3.86. The summed E-state index contributed by atoms with van der Waals surface area (Å²) in [4.78, 5) is 12.5. The van der Waals surface area contributed by atoms with Gasteiger partial charge in [-0.25, -0.2) is 0 Å². The van der Waals surface area contributed by atoms with Crippen LogP contribution in [0.5, 0.6) is 11.5 Å².